The zero-order chi connectivity index (χ0) is 23.5. The molecule has 174 valence electrons. The maximum absolute atomic E-state index is 12.9. The van der Waals surface area contributed by atoms with Gasteiger partial charge in [0.2, 0.25) is 5.91 Å². The fourth-order valence-corrected chi connectivity index (χ4v) is 4.99. The van der Waals surface area contributed by atoms with E-state index in [-0.39, 0.29) is 17.5 Å². The fourth-order valence-electron chi connectivity index (χ4n) is 4.19. The summed E-state index contributed by atoms with van der Waals surface area (Å²) in [5, 5.41) is 7.89. The van der Waals surface area contributed by atoms with Gasteiger partial charge in [-0.2, -0.15) is 5.10 Å². The lowest BCUT2D eigenvalue weighted by molar-refractivity contribution is -0.120. The van der Waals surface area contributed by atoms with E-state index >= 15 is 0 Å². The second-order valence-electron chi connectivity index (χ2n) is 8.48. The molecule has 8 nitrogen and oxygen atoms in total. The van der Waals surface area contributed by atoms with Crippen molar-refractivity contribution in [2.75, 3.05) is 13.1 Å². The van der Waals surface area contributed by atoms with E-state index in [2.05, 4.69) is 37.4 Å². The van der Waals surface area contributed by atoms with Gasteiger partial charge >= 0.3 is 0 Å². The number of benzene rings is 2. The minimum absolute atomic E-state index is 0.0594. The van der Waals surface area contributed by atoms with E-state index in [1.165, 1.54) is 23.5 Å². The van der Waals surface area contributed by atoms with Gasteiger partial charge in [-0.15, -0.1) is 0 Å². The predicted octanol–water partition coefficient (Wildman–Crippen LogP) is 2.98. The molecule has 0 aliphatic carbocycles. The Morgan fingerprint density at radius 2 is 1.91 bits per heavy atom. The molecule has 0 bridgehead atoms. The molecule has 1 aliphatic heterocycles. The van der Waals surface area contributed by atoms with Crippen molar-refractivity contribution in [2.45, 2.75) is 36.3 Å². The van der Waals surface area contributed by atoms with E-state index in [1.807, 2.05) is 55.5 Å². The van der Waals surface area contributed by atoms with E-state index < -0.39 is 5.25 Å². The number of H-pyrrole nitrogens is 1. The van der Waals surface area contributed by atoms with Crippen LogP contribution in [0.3, 0.4) is 0 Å². The molecule has 3 heterocycles. The SMILES string of the molecule is CC(Sc1nc2c(cnn2-c2ccccc2)c(=O)[nH]1)C(=O)NC1CCN(Cc2ccccc2)C1. The van der Waals surface area contributed by atoms with E-state index in [1.54, 1.807) is 4.68 Å². The Morgan fingerprint density at radius 3 is 2.68 bits per heavy atom. The molecule has 2 unspecified atom stereocenters. The van der Waals surface area contributed by atoms with Crippen LogP contribution in [0.2, 0.25) is 0 Å². The van der Waals surface area contributed by atoms with Crippen LogP contribution in [0, 0.1) is 0 Å². The van der Waals surface area contributed by atoms with Crippen LogP contribution in [-0.2, 0) is 11.3 Å². The molecule has 1 saturated heterocycles. The van der Waals surface area contributed by atoms with Gasteiger partial charge in [-0.1, -0.05) is 60.3 Å². The molecule has 2 atom stereocenters. The molecule has 4 aromatic rings. The summed E-state index contributed by atoms with van der Waals surface area (Å²) in [4.78, 5) is 35.2. The first kappa shape index (κ1) is 22.4. The number of nitrogens with zero attached hydrogens (tertiary/aromatic N) is 4. The molecular weight excluding hydrogens is 448 g/mol. The number of aromatic amines is 1. The Kier molecular flexibility index (Phi) is 6.46. The first-order valence-corrected chi connectivity index (χ1v) is 12.2. The largest absolute Gasteiger partial charge is 0.351 e. The first-order valence-electron chi connectivity index (χ1n) is 11.3. The number of para-hydroxylation sites is 1. The van der Waals surface area contributed by atoms with Crippen molar-refractivity contribution in [1.29, 1.82) is 0 Å². The molecule has 34 heavy (non-hydrogen) atoms. The van der Waals surface area contributed by atoms with Crippen LogP contribution in [0.15, 0.2) is 76.8 Å². The summed E-state index contributed by atoms with van der Waals surface area (Å²) in [6.45, 7) is 4.50. The number of carbonyl (C=O) groups excluding carboxylic acids is 1. The number of amides is 1. The third-order valence-corrected chi connectivity index (χ3v) is 6.93. The Bertz CT molecular complexity index is 1340. The van der Waals surface area contributed by atoms with Gasteiger partial charge in [0.15, 0.2) is 10.8 Å². The molecule has 5 rings (SSSR count). The fraction of sp³-hybridized carbons (Fsp3) is 0.280. The number of carbonyl (C=O) groups is 1. The highest BCUT2D eigenvalue weighted by Gasteiger charge is 2.26. The molecule has 2 aromatic carbocycles. The summed E-state index contributed by atoms with van der Waals surface area (Å²) in [5.74, 6) is -0.0594. The number of hydrogen-bond donors (Lipinski definition) is 2. The van der Waals surface area contributed by atoms with Crippen molar-refractivity contribution < 1.29 is 4.79 Å². The average molecular weight is 475 g/mol. The van der Waals surface area contributed by atoms with Gasteiger partial charge < -0.3 is 10.3 Å². The van der Waals surface area contributed by atoms with Crippen molar-refractivity contribution >= 4 is 28.7 Å². The molecule has 0 saturated carbocycles. The third-order valence-electron chi connectivity index (χ3n) is 5.94. The van der Waals surface area contributed by atoms with Crippen LogP contribution in [0.1, 0.15) is 18.9 Å². The van der Waals surface area contributed by atoms with Crippen molar-refractivity contribution in [2.24, 2.45) is 0 Å². The summed E-state index contributed by atoms with van der Waals surface area (Å²) in [7, 11) is 0. The van der Waals surface area contributed by atoms with Crippen molar-refractivity contribution in [3.8, 4) is 5.69 Å². The van der Waals surface area contributed by atoms with Gasteiger partial charge in [0.1, 0.15) is 5.39 Å². The number of fused-ring (bicyclic) bond motifs is 1. The van der Waals surface area contributed by atoms with Gasteiger partial charge in [0.25, 0.3) is 5.56 Å². The second kappa shape index (κ2) is 9.82. The molecule has 2 aromatic heterocycles. The van der Waals surface area contributed by atoms with Crippen LogP contribution in [-0.4, -0.2) is 54.9 Å². The predicted molar refractivity (Wildman–Crippen MR) is 133 cm³/mol. The lowest BCUT2D eigenvalue weighted by Crippen LogP contribution is -2.40. The highest BCUT2D eigenvalue weighted by Crippen LogP contribution is 2.22. The molecular formula is C25H26N6O2S. The van der Waals surface area contributed by atoms with Crippen LogP contribution in [0.25, 0.3) is 16.7 Å². The molecule has 9 heteroatoms. The van der Waals surface area contributed by atoms with Crippen LogP contribution >= 0.6 is 11.8 Å². The van der Waals surface area contributed by atoms with Gasteiger partial charge in [0, 0.05) is 25.7 Å². The topological polar surface area (TPSA) is 95.9 Å². The summed E-state index contributed by atoms with van der Waals surface area (Å²) in [6.07, 6.45) is 2.44. The minimum atomic E-state index is -0.406. The van der Waals surface area contributed by atoms with Gasteiger partial charge in [0.05, 0.1) is 17.1 Å². The van der Waals surface area contributed by atoms with Gasteiger partial charge in [-0.3, -0.25) is 14.5 Å². The van der Waals surface area contributed by atoms with Crippen LogP contribution < -0.4 is 10.9 Å². The maximum atomic E-state index is 12.9. The Labute approximate surface area is 201 Å². The summed E-state index contributed by atoms with van der Waals surface area (Å²) in [6, 6.07) is 20.0. The van der Waals surface area contributed by atoms with Crippen LogP contribution in [0.5, 0.6) is 0 Å². The van der Waals surface area contributed by atoms with E-state index in [0.717, 1.165) is 31.7 Å². The Morgan fingerprint density at radius 1 is 1.18 bits per heavy atom. The number of rotatable bonds is 7. The zero-order valence-corrected chi connectivity index (χ0v) is 19.7. The summed E-state index contributed by atoms with van der Waals surface area (Å²) >= 11 is 1.24. The van der Waals surface area contributed by atoms with Crippen molar-refractivity contribution in [3.05, 3.63) is 82.8 Å². The molecule has 0 radical (unpaired) electrons. The first-order chi connectivity index (χ1) is 16.6. The summed E-state index contributed by atoms with van der Waals surface area (Å²) in [5.41, 5.74) is 2.30. The Balaban J connectivity index is 1.23. The highest BCUT2D eigenvalue weighted by atomic mass is 32.2. The van der Waals surface area contributed by atoms with Crippen molar-refractivity contribution in [3.63, 3.8) is 0 Å². The van der Waals surface area contributed by atoms with Gasteiger partial charge in [-0.25, -0.2) is 9.67 Å². The number of thioether (sulfide) groups is 1. The minimum Gasteiger partial charge on any atom is -0.351 e. The second-order valence-corrected chi connectivity index (χ2v) is 9.80. The quantitative estimate of drug-likeness (QED) is 0.316. The highest BCUT2D eigenvalue weighted by molar-refractivity contribution is 8.00. The molecule has 1 aliphatic rings. The van der Waals surface area contributed by atoms with Crippen LogP contribution in [0.4, 0.5) is 0 Å². The monoisotopic (exact) mass is 474 g/mol. The van der Waals surface area contributed by atoms with E-state index in [0.29, 0.717) is 16.2 Å². The zero-order valence-electron chi connectivity index (χ0n) is 18.8. The number of aromatic nitrogens is 4. The lowest BCUT2D eigenvalue weighted by atomic mass is 10.2. The average Bonchev–Trinajstić information content (AvgIpc) is 3.47. The smallest absolute Gasteiger partial charge is 0.262 e. The number of nitrogens with one attached hydrogen (secondary N) is 2. The number of hydrogen-bond acceptors (Lipinski definition) is 6. The molecule has 2 N–H and O–H groups in total. The summed E-state index contributed by atoms with van der Waals surface area (Å²) < 4.78 is 1.64. The number of likely N-dealkylation sites (tertiary alicyclic amines) is 1. The normalized spacial score (nSPS) is 17.1. The maximum Gasteiger partial charge on any atom is 0.262 e. The van der Waals surface area contributed by atoms with E-state index in [9.17, 15) is 9.59 Å². The lowest BCUT2D eigenvalue weighted by Gasteiger charge is -2.18. The van der Waals surface area contributed by atoms with E-state index in [4.69, 9.17) is 0 Å². The third kappa shape index (κ3) is 4.90. The standard InChI is InChI=1S/C25H26N6O2S/c1-17(23(32)27-19-12-13-30(16-19)15-18-8-4-2-5-9-18)34-25-28-22-21(24(33)29-25)14-26-31(22)20-10-6-3-7-11-20/h2-11,14,17,19H,12-13,15-16H2,1H3,(H,27,32)(H,28,29,33). The Hall–Kier alpha value is -3.43. The molecule has 1 amide bonds. The van der Waals surface area contributed by atoms with Crippen molar-refractivity contribution in [1.82, 2.24) is 30.0 Å². The van der Waals surface area contributed by atoms with Gasteiger partial charge in [-0.05, 0) is 31.0 Å². The molecule has 1 fully saturated rings. The molecule has 0 spiro atoms.